The smallest absolute Gasteiger partial charge is 0.305 e. The molecule has 0 aliphatic heterocycles. The second kappa shape index (κ2) is 13.3. The van der Waals surface area contributed by atoms with Crippen molar-refractivity contribution in [1.29, 1.82) is 0 Å². The summed E-state index contributed by atoms with van der Waals surface area (Å²) < 4.78 is 34.3. The molecule has 1 aromatic heterocycles. The Morgan fingerprint density at radius 1 is 1.10 bits per heavy atom. The maximum atomic E-state index is 13.2. The number of ether oxygens (including phenoxy) is 1. The first-order valence-corrected chi connectivity index (χ1v) is 13.7. The predicted molar refractivity (Wildman–Crippen MR) is 145 cm³/mol. The van der Waals surface area contributed by atoms with Gasteiger partial charge in [-0.2, -0.15) is 0 Å². The van der Waals surface area contributed by atoms with E-state index in [1.54, 1.807) is 13.2 Å². The Balaban J connectivity index is 1.90. The van der Waals surface area contributed by atoms with E-state index < -0.39 is 28.5 Å². The van der Waals surface area contributed by atoms with Crippen LogP contribution in [0.3, 0.4) is 0 Å². The fraction of sp³-hybridized carbons (Fsp3) is 0.333. The van der Waals surface area contributed by atoms with Crippen molar-refractivity contribution in [2.24, 2.45) is 0 Å². The normalized spacial score (nSPS) is 12.3. The van der Waals surface area contributed by atoms with Crippen molar-refractivity contribution in [1.82, 2.24) is 19.5 Å². The summed E-state index contributed by atoms with van der Waals surface area (Å²) in [7, 11) is 1.05. The largest absolute Gasteiger partial charge is 0.492 e. The molecule has 0 bridgehead atoms. The summed E-state index contributed by atoms with van der Waals surface area (Å²) in [6, 6.07) is 11.9. The molecule has 0 spiro atoms. The van der Waals surface area contributed by atoms with E-state index in [0.29, 0.717) is 19.5 Å². The number of carbonyl (C=O) groups is 3. The van der Waals surface area contributed by atoms with E-state index in [0.717, 1.165) is 16.5 Å². The SMILES string of the molecule is CN(C)CCN(C)C(=O)c1ccc(S(=O)(=O)N[C@H](C=O)CC(=O)O)c(OCCc2cccc3ncccc23)c1. The molecular formula is C27H32N4O7S. The first kappa shape index (κ1) is 29.7. The molecule has 0 aliphatic carbocycles. The van der Waals surface area contributed by atoms with Gasteiger partial charge >= 0.3 is 5.97 Å². The lowest BCUT2D eigenvalue weighted by Gasteiger charge is -2.21. The van der Waals surface area contributed by atoms with Gasteiger partial charge in [-0.1, -0.05) is 18.2 Å². The molecule has 39 heavy (non-hydrogen) atoms. The molecule has 0 saturated heterocycles. The number of hydrogen-bond acceptors (Lipinski definition) is 8. The monoisotopic (exact) mass is 556 g/mol. The minimum atomic E-state index is -4.37. The third-order valence-corrected chi connectivity index (χ3v) is 7.47. The van der Waals surface area contributed by atoms with Crippen LogP contribution in [0.15, 0.2) is 59.6 Å². The molecule has 12 heteroatoms. The molecule has 11 nitrogen and oxygen atoms in total. The Morgan fingerprint density at radius 2 is 1.87 bits per heavy atom. The average molecular weight is 557 g/mol. The highest BCUT2D eigenvalue weighted by Gasteiger charge is 2.26. The van der Waals surface area contributed by atoms with E-state index in [2.05, 4.69) is 9.71 Å². The maximum Gasteiger partial charge on any atom is 0.305 e. The molecule has 1 heterocycles. The number of nitrogens with zero attached hydrogens (tertiary/aromatic N) is 3. The van der Waals surface area contributed by atoms with Crippen LogP contribution in [0, 0.1) is 0 Å². The number of hydrogen-bond donors (Lipinski definition) is 2. The zero-order valence-electron chi connectivity index (χ0n) is 22.0. The van der Waals surface area contributed by atoms with Crippen LogP contribution in [0.25, 0.3) is 10.9 Å². The highest BCUT2D eigenvalue weighted by molar-refractivity contribution is 7.89. The summed E-state index contributed by atoms with van der Waals surface area (Å²) >= 11 is 0. The second-order valence-electron chi connectivity index (χ2n) is 9.24. The van der Waals surface area contributed by atoms with Gasteiger partial charge in [-0.25, -0.2) is 13.1 Å². The van der Waals surface area contributed by atoms with Gasteiger partial charge in [0.05, 0.1) is 24.6 Å². The molecule has 1 amide bonds. The van der Waals surface area contributed by atoms with Crippen molar-refractivity contribution in [3.63, 3.8) is 0 Å². The van der Waals surface area contributed by atoms with Crippen LogP contribution in [-0.2, 0) is 26.0 Å². The first-order valence-electron chi connectivity index (χ1n) is 12.2. The van der Waals surface area contributed by atoms with Gasteiger partial charge in [0.1, 0.15) is 16.9 Å². The summed E-state index contributed by atoms with van der Waals surface area (Å²) in [6.45, 7) is 1.17. The van der Waals surface area contributed by atoms with Crippen molar-refractivity contribution in [3.05, 3.63) is 65.9 Å². The zero-order chi connectivity index (χ0) is 28.6. The number of aromatic nitrogens is 1. The summed E-state index contributed by atoms with van der Waals surface area (Å²) in [5.74, 6) is -1.75. The van der Waals surface area contributed by atoms with Gasteiger partial charge in [0, 0.05) is 43.7 Å². The van der Waals surface area contributed by atoms with Crippen LogP contribution >= 0.6 is 0 Å². The molecule has 2 aromatic carbocycles. The fourth-order valence-electron chi connectivity index (χ4n) is 3.87. The number of benzene rings is 2. The Bertz CT molecular complexity index is 1440. The van der Waals surface area contributed by atoms with Gasteiger partial charge in [-0.05, 0) is 50.0 Å². The predicted octanol–water partition coefficient (Wildman–Crippen LogP) is 1.81. The van der Waals surface area contributed by atoms with Gasteiger partial charge in [0.2, 0.25) is 10.0 Å². The number of rotatable bonds is 14. The van der Waals surface area contributed by atoms with E-state index in [1.165, 1.54) is 23.1 Å². The summed E-state index contributed by atoms with van der Waals surface area (Å²) in [5, 5.41) is 9.93. The number of fused-ring (bicyclic) bond motifs is 1. The van der Waals surface area contributed by atoms with Crippen molar-refractivity contribution >= 4 is 39.1 Å². The minimum Gasteiger partial charge on any atom is -0.492 e. The molecule has 0 unspecified atom stereocenters. The Morgan fingerprint density at radius 3 is 2.56 bits per heavy atom. The molecule has 0 radical (unpaired) electrons. The van der Waals surface area contributed by atoms with Crippen molar-refractivity contribution in [2.45, 2.75) is 23.8 Å². The molecular weight excluding hydrogens is 524 g/mol. The van der Waals surface area contributed by atoms with Crippen molar-refractivity contribution < 1.29 is 32.6 Å². The topological polar surface area (TPSA) is 146 Å². The molecule has 3 aromatic rings. The van der Waals surface area contributed by atoms with Gasteiger partial charge in [0.15, 0.2) is 0 Å². The van der Waals surface area contributed by atoms with Crippen LogP contribution in [0.4, 0.5) is 0 Å². The molecule has 1 atom stereocenters. The van der Waals surface area contributed by atoms with Gasteiger partial charge < -0.3 is 24.4 Å². The Hall–Kier alpha value is -3.87. The number of carboxylic acid groups (broad SMARTS) is 1. The maximum absolute atomic E-state index is 13.2. The molecule has 0 fully saturated rings. The number of carbonyl (C=O) groups excluding carboxylic acids is 2. The van der Waals surface area contributed by atoms with Crippen LogP contribution in [0.1, 0.15) is 22.3 Å². The molecule has 0 aliphatic rings. The standard InChI is InChI=1S/C27H32N4O7S/c1-30(2)13-14-31(3)27(35)20-9-10-25(39(36,37)29-21(18-32)17-26(33)34)24(16-20)38-15-11-19-6-4-8-23-22(19)7-5-12-28-23/h4-10,12,16,18,21,29H,11,13-15,17H2,1-3H3,(H,33,34)/t21-/m0/s1. The number of amides is 1. The lowest BCUT2D eigenvalue weighted by molar-refractivity contribution is -0.138. The minimum absolute atomic E-state index is 0.0802. The molecule has 208 valence electrons. The van der Waals surface area contributed by atoms with Gasteiger partial charge in [0.25, 0.3) is 5.91 Å². The lowest BCUT2D eigenvalue weighted by atomic mass is 10.1. The van der Waals surface area contributed by atoms with Crippen molar-refractivity contribution in [3.8, 4) is 5.75 Å². The van der Waals surface area contributed by atoms with E-state index >= 15 is 0 Å². The van der Waals surface area contributed by atoms with Crippen LogP contribution in [-0.4, -0.2) is 93.4 Å². The second-order valence-corrected chi connectivity index (χ2v) is 10.9. The Labute approximate surface area is 227 Å². The number of sulfonamides is 1. The highest BCUT2D eigenvalue weighted by atomic mass is 32.2. The lowest BCUT2D eigenvalue weighted by Crippen LogP contribution is -2.38. The number of aldehydes is 1. The number of carboxylic acids is 1. The molecule has 3 rings (SSSR count). The quantitative estimate of drug-likeness (QED) is 0.284. The summed E-state index contributed by atoms with van der Waals surface area (Å²) in [4.78, 5) is 42.9. The molecule has 0 saturated carbocycles. The van der Waals surface area contributed by atoms with E-state index in [1.807, 2.05) is 49.3 Å². The average Bonchev–Trinajstić information content (AvgIpc) is 2.90. The number of pyridine rings is 1. The summed E-state index contributed by atoms with van der Waals surface area (Å²) in [6.07, 6.45) is 1.62. The van der Waals surface area contributed by atoms with Crippen LogP contribution in [0.2, 0.25) is 0 Å². The van der Waals surface area contributed by atoms with Gasteiger partial charge in [-0.3, -0.25) is 14.6 Å². The van der Waals surface area contributed by atoms with Crippen LogP contribution in [0.5, 0.6) is 5.75 Å². The van der Waals surface area contributed by atoms with Gasteiger partial charge in [-0.15, -0.1) is 0 Å². The number of nitrogens with one attached hydrogen (secondary N) is 1. The highest BCUT2D eigenvalue weighted by Crippen LogP contribution is 2.27. The third-order valence-electron chi connectivity index (χ3n) is 5.94. The van der Waals surface area contributed by atoms with E-state index in [-0.39, 0.29) is 35.0 Å². The fourth-order valence-corrected chi connectivity index (χ4v) is 5.17. The number of likely N-dealkylation sites (N-methyl/N-ethyl adjacent to an activating group) is 2. The Kier molecular flexibility index (Phi) is 10.1. The third kappa shape index (κ3) is 8.06. The zero-order valence-corrected chi connectivity index (χ0v) is 22.8. The molecule has 2 N–H and O–H groups in total. The van der Waals surface area contributed by atoms with E-state index in [4.69, 9.17) is 9.84 Å². The van der Waals surface area contributed by atoms with E-state index in [9.17, 15) is 22.8 Å². The first-order chi connectivity index (χ1) is 18.5. The van der Waals surface area contributed by atoms with Crippen LogP contribution < -0.4 is 9.46 Å². The summed E-state index contributed by atoms with van der Waals surface area (Å²) in [5.41, 5.74) is 1.98. The van der Waals surface area contributed by atoms with Crippen molar-refractivity contribution in [2.75, 3.05) is 40.8 Å². The number of aliphatic carboxylic acids is 1.